The van der Waals surface area contributed by atoms with Crippen molar-refractivity contribution in [2.45, 2.75) is 13.3 Å². The third-order valence-electron chi connectivity index (χ3n) is 4.84. The molecule has 0 saturated carbocycles. The number of para-hydroxylation sites is 1. The first kappa shape index (κ1) is 23.1. The normalized spacial score (nSPS) is 10.6. The average molecular weight is 475 g/mol. The summed E-state index contributed by atoms with van der Waals surface area (Å²) < 4.78 is 6.81. The second-order valence-corrected chi connectivity index (χ2v) is 8.54. The van der Waals surface area contributed by atoms with Gasteiger partial charge in [0, 0.05) is 23.9 Å². The first-order valence-corrected chi connectivity index (χ1v) is 11.4. The van der Waals surface area contributed by atoms with Gasteiger partial charge < -0.3 is 10.1 Å². The molecule has 0 spiro atoms. The molecule has 0 bridgehead atoms. The Balaban J connectivity index is 1.45. The van der Waals surface area contributed by atoms with Crippen molar-refractivity contribution in [2.75, 3.05) is 13.2 Å². The largest absolute Gasteiger partial charge is 0.451 e. The number of hydrogen-bond donors (Lipinski definition) is 1. The van der Waals surface area contributed by atoms with Gasteiger partial charge in [0.15, 0.2) is 12.4 Å². The molecule has 2 aromatic carbocycles. The first-order valence-electron chi connectivity index (χ1n) is 10.6. The number of esters is 1. The van der Waals surface area contributed by atoms with Gasteiger partial charge in [-0.3, -0.25) is 9.59 Å². The number of ether oxygens (including phenoxy) is 1. The highest BCUT2D eigenvalue weighted by molar-refractivity contribution is 7.14. The maximum absolute atomic E-state index is 12.7. The Morgan fingerprint density at radius 2 is 1.68 bits per heavy atom. The Morgan fingerprint density at radius 3 is 2.38 bits per heavy atom. The van der Waals surface area contributed by atoms with Gasteiger partial charge in [-0.2, -0.15) is 0 Å². The molecule has 0 atom stereocenters. The minimum atomic E-state index is -0.775. The lowest BCUT2D eigenvalue weighted by atomic mass is 10.2. The fourth-order valence-corrected chi connectivity index (χ4v) is 4.14. The molecule has 0 saturated heterocycles. The topological polar surface area (TPSA) is 103 Å². The van der Waals surface area contributed by atoms with Crippen LogP contribution >= 0.6 is 11.3 Å². The van der Waals surface area contributed by atoms with E-state index in [2.05, 4.69) is 15.4 Å². The van der Waals surface area contributed by atoms with Crippen LogP contribution < -0.4 is 5.32 Å². The van der Waals surface area contributed by atoms with Crippen LogP contribution in [0.5, 0.6) is 0 Å². The first-order chi connectivity index (χ1) is 16.5. The smallest absolute Gasteiger partial charge is 0.378 e. The van der Waals surface area contributed by atoms with E-state index in [4.69, 9.17) is 4.74 Å². The molecule has 0 radical (unpaired) electrons. The maximum atomic E-state index is 12.7. The lowest BCUT2D eigenvalue weighted by Gasteiger charge is -2.05. The average Bonchev–Trinajstić information content (AvgIpc) is 3.51. The number of nitrogens with one attached hydrogen (secondary N) is 1. The summed E-state index contributed by atoms with van der Waals surface area (Å²) in [7, 11) is 0. The lowest BCUT2D eigenvalue weighted by molar-refractivity contribution is -0.118. The SMILES string of the molecule is CC(=O)NCCc1ccc(C(=O)COC(=O)c2nc(-c3ccccc3)n(-c3ccccc3)n2)s1. The Labute approximate surface area is 200 Å². The maximum Gasteiger partial charge on any atom is 0.378 e. The van der Waals surface area contributed by atoms with Crippen molar-refractivity contribution in [2.24, 2.45) is 0 Å². The Kier molecular flexibility index (Phi) is 7.24. The van der Waals surface area contributed by atoms with Gasteiger partial charge in [0.1, 0.15) is 0 Å². The van der Waals surface area contributed by atoms with Crippen LogP contribution in [0.3, 0.4) is 0 Å². The van der Waals surface area contributed by atoms with Crippen molar-refractivity contribution in [1.29, 1.82) is 0 Å². The van der Waals surface area contributed by atoms with E-state index < -0.39 is 12.6 Å². The Bertz CT molecular complexity index is 1240. The summed E-state index contributed by atoms with van der Waals surface area (Å²) in [4.78, 5) is 42.0. The summed E-state index contributed by atoms with van der Waals surface area (Å²) in [6.45, 7) is 1.54. The monoisotopic (exact) mass is 474 g/mol. The number of aromatic nitrogens is 3. The number of ketones is 1. The zero-order valence-electron chi connectivity index (χ0n) is 18.4. The van der Waals surface area contributed by atoms with Gasteiger partial charge in [-0.15, -0.1) is 16.4 Å². The molecule has 0 fully saturated rings. The van der Waals surface area contributed by atoms with Crippen LogP contribution in [0.4, 0.5) is 0 Å². The summed E-state index contributed by atoms with van der Waals surface area (Å²) >= 11 is 1.31. The standard InChI is InChI=1S/C25H22N4O4S/c1-17(30)26-15-14-20-12-13-22(34-20)21(31)16-33-25(32)23-27-24(18-8-4-2-5-9-18)29(28-23)19-10-6-3-7-11-19/h2-13H,14-16H2,1H3,(H,26,30). The van der Waals surface area contributed by atoms with Crippen LogP contribution in [0.2, 0.25) is 0 Å². The molecule has 9 heteroatoms. The molecule has 0 aliphatic heterocycles. The zero-order valence-corrected chi connectivity index (χ0v) is 19.2. The fourth-order valence-electron chi connectivity index (χ4n) is 3.21. The van der Waals surface area contributed by atoms with Crippen LogP contribution in [0.15, 0.2) is 72.8 Å². The van der Waals surface area contributed by atoms with Crippen molar-refractivity contribution in [3.05, 3.63) is 88.4 Å². The number of hydrogen-bond acceptors (Lipinski definition) is 7. The Hall–Kier alpha value is -4.11. The third kappa shape index (κ3) is 5.62. The predicted octanol–water partition coefficient (Wildman–Crippen LogP) is 3.71. The molecule has 2 aromatic heterocycles. The second-order valence-electron chi connectivity index (χ2n) is 7.37. The lowest BCUT2D eigenvalue weighted by Crippen LogP contribution is -2.22. The van der Waals surface area contributed by atoms with Crippen molar-refractivity contribution in [3.63, 3.8) is 0 Å². The molecule has 8 nitrogen and oxygen atoms in total. The van der Waals surface area contributed by atoms with Gasteiger partial charge in [0.2, 0.25) is 11.7 Å². The fraction of sp³-hybridized carbons (Fsp3) is 0.160. The summed E-state index contributed by atoms with van der Waals surface area (Å²) in [6, 6.07) is 22.3. The van der Waals surface area contributed by atoms with E-state index in [9.17, 15) is 14.4 Å². The second kappa shape index (κ2) is 10.7. The molecule has 4 aromatic rings. The minimum Gasteiger partial charge on any atom is -0.451 e. The van der Waals surface area contributed by atoms with Crippen LogP contribution in [0.1, 0.15) is 32.1 Å². The van der Waals surface area contributed by atoms with E-state index in [1.165, 1.54) is 18.3 Å². The van der Waals surface area contributed by atoms with Gasteiger partial charge in [-0.25, -0.2) is 14.5 Å². The van der Waals surface area contributed by atoms with Crippen molar-refractivity contribution in [3.8, 4) is 17.1 Å². The van der Waals surface area contributed by atoms with Gasteiger partial charge in [0.05, 0.1) is 10.6 Å². The van der Waals surface area contributed by atoms with E-state index in [0.717, 1.165) is 16.1 Å². The zero-order chi connectivity index (χ0) is 23.9. The molecule has 0 aliphatic carbocycles. The van der Waals surface area contributed by atoms with E-state index >= 15 is 0 Å². The number of nitrogens with zero attached hydrogens (tertiary/aromatic N) is 3. The molecular weight excluding hydrogens is 452 g/mol. The molecular formula is C25H22N4O4S. The van der Waals surface area contributed by atoms with Crippen molar-refractivity contribution < 1.29 is 19.1 Å². The van der Waals surface area contributed by atoms with E-state index in [0.29, 0.717) is 23.7 Å². The summed E-state index contributed by atoms with van der Waals surface area (Å²) in [5, 5.41) is 7.07. The number of benzene rings is 2. The molecule has 1 N–H and O–H groups in total. The number of carbonyl (C=O) groups is 3. The predicted molar refractivity (Wildman–Crippen MR) is 128 cm³/mol. The third-order valence-corrected chi connectivity index (χ3v) is 6.02. The van der Waals surface area contributed by atoms with E-state index in [1.807, 2.05) is 66.7 Å². The summed E-state index contributed by atoms with van der Waals surface area (Å²) in [6.07, 6.45) is 0.625. The summed E-state index contributed by atoms with van der Waals surface area (Å²) in [5.41, 5.74) is 1.54. The van der Waals surface area contributed by atoms with Crippen LogP contribution in [0, 0.1) is 0 Å². The number of rotatable bonds is 9. The highest BCUT2D eigenvalue weighted by Gasteiger charge is 2.21. The molecule has 172 valence electrons. The van der Waals surface area contributed by atoms with Crippen molar-refractivity contribution >= 4 is 29.0 Å². The molecule has 0 aliphatic rings. The van der Waals surface area contributed by atoms with Gasteiger partial charge in [0.25, 0.3) is 5.82 Å². The van der Waals surface area contributed by atoms with Gasteiger partial charge in [-0.1, -0.05) is 48.5 Å². The highest BCUT2D eigenvalue weighted by Crippen LogP contribution is 2.22. The van der Waals surface area contributed by atoms with Gasteiger partial charge in [-0.05, 0) is 30.7 Å². The van der Waals surface area contributed by atoms with E-state index in [-0.39, 0.29) is 17.5 Å². The van der Waals surface area contributed by atoms with Crippen LogP contribution in [-0.4, -0.2) is 45.6 Å². The molecule has 1 amide bonds. The number of amides is 1. The molecule has 4 rings (SSSR count). The molecule has 34 heavy (non-hydrogen) atoms. The quantitative estimate of drug-likeness (QED) is 0.293. The molecule has 0 unspecified atom stereocenters. The number of thiophene rings is 1. The number of carbonyl (C=O) groups excluding carboxylic acids is 3. The molecule has 2 heterocycles. The highest BCUT2D eigenvalue weighted by atomic mass is 32.1. The Morgan fingerprint density at radius 1 is 0.971 bits per heavy atom. The van der Waals surface area contributed by atoms with Crippen molar-refractivity contribution in [1.82, 2.24) is 20.1 Å². The van der Waals surface area contributed by atoms with E-state index in [1.54, 1.807) is 10.7 Å². The van der Waals surface area contributed by atoms with Crippen LogP contribution in [0.25, 0.3) is 17.1 Å². The van der Waals surface area contributed by atoms with Gasteiger partial charge >= 0.3 is 5.97 Å². The number of Topliss-reactive ketones (excluding diaryl/α,β-unsaturated/α-hetero) is 1. The summed E-state index contributed by atoms with van der Waals surface area (Å²) in [5.74, 6) is -0.819. The minimum absolute atomic E-state index is 0.0986. The van der Waals surface area contributed by atoms with Crippen LogP contribution in [-0.2, 0) is 16.0 Å².